The standard InChI is InChI=1S/C14H17N3O4.ClH/c1-17(8-7-13(18)19)9-12-15-14(16-21-12)10-3-5-11(20-2)6-4-10;/h3-6H,7-9H2,1-2H3,(H,18,19);1H. The second-order valence-corrected chi connectivity index (χ2v) is 4.62. The maximum absolute atomic E-state index is 10.5. The number of halogens is 1. The number of carbonyl (C=O) groups is 1. The number of hydrogen-bond donors (Lipinski definition) is 1. The van der Waals surface area contributed by atoms with Crippen LogP contribution in [-0.2, 0) is 11.3 Å². The Balaban J connectivity index is 0.00000242. The molecule has 2 aromatic rings. The van der Waals surface area contributed by atoms with Crippen LogP contribution in [0.3, 0.4) is 0 Å². The molecule has 1 heterocycles. The van der Waals surface area contributed by atoms with Gasteiger partial charge in [0.2, 0.25) is 11.7 Å². The summed E-state index contributed by atoms with van der Waals surface area (Å²) in [5.41, 5.74) is 0.832. The molecule has 0 radical (unpaired) electrons. The van der Waals surface area contributed by atoms with Crippen molar-refractivity contribution >= 4 is 18.4 Å². The van der Waals surface area contributed by atoms with Crippen molar-refractivity contribution in [2.45, 2.75) is 13.0 Å². The van der Waals surface area contributed by atoms with Gasteiger partial charge in [-0.05, 0) is 31.3 Å². The summed E-state index contributed by atoms with van der Waals surface area (Å²) >= 11 is 0. The van der Waals surface area contributed by atoms with E-state index in [1.54, 1.807) is 14.2 Å². The first-order valence-electron chi connectivity index (χ1n) is 6.46. The number of methoxy groups -OCH3 is 1. The van der Waals surface area contributed by atoms with E-state index in [2.05, 4.69) is 10.1 Å². The van der Waals surface area contributed by atoms with E-state index in [-0.39, 0.29) is 18.8 Å². The fourth-order valence-corrected chi connectivity index (χ4v) is 1.77. The number of benzene rings is 1. The fraction of sp³-hybridized carbons (Fsp3) is 0.357. The largest absolute Gasteiger partial charge is 0.497 e. The lowest BCUT2D eigenvalue weighted by Gasteiger charge is -2.11. The molecule has 0 aliphatic rings. The number of ether oxygens (including phenoxy) is 1. The van der Waals surface area contributed by atoms with Gasteiger partial charge in [0.1, 0.15) is 5.75 Å². The van der Waals surface area contributed by atoms with Crippen molar-refractivity contribution in [1.82, 2.24) is 15.0 Å². The Hall–Kier alpha value is -2.12. The molecule has 1 aromatic heterocycles. The Kier molecular flexibility index (Phi) is 6.81. The highest BCUT2D eigenvalue weighted by Crippen LogP contribution is 2.19. The second kappa shape index (κ2) is 8.35. The van der Waals surface area contributed by atoms with Gasteiger partial charge in [0.05, 0.1) is 20.1 Å². The molecule has 0 atom stereocenters. The molecule has 0 aliphatic carbocycles. The Morgan fingerprint density at radius 1 is 1.36 bits per heavy atom. The van der Waals surface area contributed by atoms with E-state index in [0.717, 1.165) is 11.3 Å². The number of carboxylic acids is 1. The summed E-state index contributed by atoms with van der Waals surface area (Å²) in [6.07, 6.45) is 0.0793. The van der Waals surface area contributed by atoms with Gasteiger partial charge in [-0.3, -0.25) is 9.69 Å². The number of hydrogen-bond acceptors (Lipinski definition) is 6. The van der Waals surface area contributed by atoms with E-state index in [0.29, 0.717) is 24.8 Å². The van der Waals surface area contributed by atoms with Crippen LogP contribution in [0, 0.1) is 0 Å². The van der Waals surface area contributed by atoms with Gasteiger partial charge in [-0.25, -0.2) is 0 Å². The molecule has 1 N–H and O–H groups in total. The molecule has 0 saturated heterocycles. The molecular formula is C14H18ClN3O4. The Labute approximate surface area is 134 Å². The van der Waals surface area contributed by atoms with E-state index in [9.17, 15) is 4.79 Å². The zero-order valence-corrected chi connectivity index (χ0v) is 13.2. The molecule has 0 spiro atoms. The molecule has 2 rings (SSSR count). The first-order valence-corrected chi connectivity index (χ1v) is 6.46. The molecule has 0 unspecified atom stereocenters. The lowest BCUT2D eigenvalue weighted by atomic mass is 10.2. The molecular weight excluding hydrogens is 310 g/mol. The van der Waals surface area contributed by atoms with Crippen LogP contribution < -0.4 is 4.74 Å². The van der Waals surface area contributed by atoms with Gasteiger partial charge in [0, 0.05) is 12.1 Å². The van der Waals surface area contributed by atoms with Crippen LogP contribution in [0.15, 0.2) is 28.8 Å². The van der Waals surface area contributed by atoms with Crippen molar-refractivity contribution in [2.75, 3.05) is 20.7 Å². The topological polar surface area (TPSA) is 88.7 Å². The second-order valence-electron chi connectivity index (χ2n) is 4.62. The summed E-state index contributed by atoms with van der Waals surface area (Å²) in [6, 6.07) is 7.35. The van der Waals surface area contributed by atoms with Crippen molar-refractivity contribution in [3.63, 3.8) is 0 Å². The molecule has 7 nitrogen and oxygen atoms in total. The van der Waals surface area contributed by atoms with Gasteiger partial charge < -0.3 is 14.4 Å². The summed E-state index contributed by atoms with van der Waals surface area (Å²) in [4.78, 5) is 16.6. The Morgan fingerprint density at radius 3 is 2.64 bits per heavy atom. The molecule has 0 amide bonds. The zero-order chi connectivity index (χ0) is 15.2. The number of nitrogens with zero attached hydrogens (tertiary/aromatic N) is 3. The third kappa shape index (κ3) is 5.01. The van der Waals surface area contributed by atoms with Crippen molar-refractivity contribution < 1.29 is 19.2 Å². The predicted molar refractivity (Wildman–Crippen MR) is 82.1 cm³/mol. The number of carboxylic acid groups (broad SMARTS) is 1. The van der Waals surface area contributed by atoms with Gasteiger partial charge in [0.25, 0.3) is 0 Å². The summed E-state index contributed by atoms with van der Waals surface area (Å²) < 4.78 is 10.3. The quantitative estimate of drug-likeness (QED) is 0.832. The van der Waals surface area contributed by atoms with Crippen LogP contribution in [0.5, 0.6) is 5.75 Å². The number of aromatic nitrogens is 2. The summed E-state index contributed by atoms with van der Waals surface area (Å²) in [5.74, 6) is 0.884. The van der Waals surface area contributed by atoms with E-state index < -0.39 is 5.97 Å². The number of rotatable bonds is 7. The predicted octanol–water partition coefficient (Wildman–Crippen LogP) is 2.07. The fourth-order valence-electron chi connectivity index (χ4n) is 1.77. The first kappa shape index (κ1) is 17.9. The maximum atomic E-state index is 10.5. The average Bonchev–Trinajstić information content (AvgIpc) is 2.93. The molecule has 0 saturated carbocycles. The van der Waals surface area contributed by atoms with Gasteiger partial charge >= 0.3 is 5.97 Å². The third-order valence-electron chi connectivity index (χ3n) is 2.93. The van der Waals surface area contributed by atoms with Crippen LogP contribution in [-0.4, -0.2) is 46.8 Å². The highest BCUT2D eigenvalue weighted by atomic mass is 35.5. The van der Waals surface area contributed by atoms with E-state index in [1.807, 2.05) is 29.2 Å². The van der Waals surface area contributed by atoms with Crippen molar-refractivity contribution in [1.29, 1.82) is 0 Å². The highest BCUT2D eigenvalue weighted by molar-refractivity contribution is 5.85. The minimum absolute atomic E-state index is 0. The van der Waals surface area contributed by atoms with Crippen LogP contribution in [0.4, 0.5) is 0 Å². The van der Waals surface area contributed by atoms with Crippen LogP contribution in [0.25, 0.3) is 11.4 Å². The molecule has 8 heteroatoms. The van der Waals surface area contributed by atoms with Crippen LogP contribution in [0.2, 0.25) is 0 Å². The molecule has 22 heavy (non-hydrogen) atoms. The van der Waals surface area contributed by atoms with Crippen molar-refractivity contribution in [3.05, 3.63) is 30.2 Å². The minimum Gasteiger partial charge on any atom is -0.497 e. The Morgan fingerprint density at radius 2 is 2.05 bits per heavy atom. The average molecular weight is 328 g/mol. The van der Waals surface area contributed by atoms with Gasteiger partial charge in [-0.15, -0.1) is 12.4 Å². The van der Waals surface area contributed by atoms with E-state index in [1.165, 1.54) is 0 Å². The molecule has 1 aromatic carbocycles. The van der Waals surface area contributed by atoms with Crippen molar-refractivity contribution in [2.24, 2.45) is 0 Å². The first-order chi connectivity index (χ1) is 10.1. The normalized spacial score (nSPS) is 10.3. The third-order valence-corrected chi connectivity index (χ3v) is 2.93. The SMILES string of the molecule is COc1ccc(-c2noc(CN(C)CCC(=O)O)n2)cc1.Cl. The minimum atomic E-state index is -0.827. The summed E-state index contributed by atoms with van der Waals surface area (Å²) in [6.45, 7) is 0.839. The van der Waals surface area contributed by atoms with Crippen LogP contribution in [0.1, 0.15) is 12.3 Å². The molecule has 0 bridgehead atoms. The number of aliphatic carboxylic acids is 1. The molecule has 0 fully saturated rings. The van der Waals surface area contributed by atoms with Crippen molar-refractivity contribution in [3.8, 4) is 17.1 Å². The van der Waals surface area contributed by atoms with Gasteiger partial charge in [0.15, 0.2) is 0 Å². The highest BCUT2D eigenvalue weighted by Gasteiger charge is 2.11. The lowest BCUT2D eigenvalue weighted by Crippen LogP contribution is -2.21. The van der Waals surface area contributed by atoms with Gasteiger partial charge in [-0.2, -0.15) is 4.98 Å². The van der Waals surface area contributed by atoms with E-state index in [4.69, 9.17) is 14.4 Å². The van der Waals surface area contributed by atoms with E-state index >= 15 is 0 Å². The van der Waals surface area contributed by atoms with Gasteiger partial charge in [-0.1, -0.05) is 5.16 Å². The van der Waals surface area contributed by atoms with Crippen LogP contribution >= 0.6 is 12.4 Å². The maximum Gasteiger partial charge on any atom is 0.304 e. The lowest BCUT2D eigenvalue weighted by molar-refractivity contribution is -0.137. The molecule has 0 aliphatic heterocycles. The summed E-state index contributed by atoms with van der Waals surface area (Å²) in [5, 5.41) is 12.6. The smallest absolute Gasteiger partial charge is 0.304 e. The molecule has 120 valence electrons. The Bertz CT molecular complexity index is 600. The summed E-state index contributed by atoms with van der Waals surface area (Å²) in [7, 11) is 3.41. The zero-order valence-electron chi connectivity index (χ0n) is 12.4. The monoisotopic (exact) mass is 327 g/mol.